The Bertz CT molecular complexity index is 1080. The minimum atomic E-state index is -0.199. The fourth-order valence-corrected chi connectivity index (χ4v) is 4.78. The molecule has 1 saturated heterocycles. The molecule has 0 saturated carbocycles. The van der Waals surface area contributed by atoms with Gasteiger partial charge in [0, 0.05) is 25.4 Å². The number of rotatable bonds is 5. The van der Waals surface area contributed by atoms with Crippen molar-refractivity contribution in [3.05, 3.63) is 83.6 Å². The minimum Gasteiger partial charge on any atom is -0.467 e. The molecule has 6 heteroatoms. The topological polar surface area (TPSA) is 54.0 Å². The van der Waals surface area contributed by atoms with Gasteiger partial charge in [0.2, 0.25) is 0 Å². The molecule has 2 atom stereocenters. The van der Waals surface area contributed by atoms with E-state index in [1.165, 1.54) is 11.3 Å². The molecule has 0 unspecified atom stereocenters. The summed E-state index contributed by atoms with van der Waals surface area (Å²) in [6.45, 7) is 3.36. The average molecular weight is 417 g/mol. The van der Waals surface area contributed by atoms with E-state index in [0.29, 0.717) is 13.0 Å². The van der Waals surface area contributed by atoms with Crippen LogP contribution in [-0.2, 0) is 11.8 Å². The summed E-state index contributed by atoms with van der Waals surface area (Å²) < 4.78 is 7.84. The molecule has 0 radical (unpaired) electrons. The van der Waals surface area contributed by atoms with E-state index in [9.17, 15) is 4.79 Å². The smallest absolute Gasteiger partial charge is 0.257 e. The lowest BCUT2D eigenvalue weighted by Gasteiger charge is -2.27. The standard InChI is InChI=1S/C25H28N4O2/c1-18-9-11-19(12-10-18)20-16-23(24-8-5-15-31-24)29(26-20)25(30)17-28-14-4-7-22(28)21-6-3-13-27(21)2/h3,5-6,8-13,15,22-23H,4,7,14,16-17H2,1-2H3/t22-,23+/m1/s1. The summed E-state index contributed by atoms with van der Waals surface area (Å²) in [5.41, 5.74) is 4.45. The molecule has 6 nitrogen and oxygen atoms in total. The highest BCUT2D eigenvalue weighted by atomic mass is 16.3. The zero-order valence-electron chi connectivity index (χ0n) is 18.1. The number of furan rings is 1. The number of hydrogen-bond donors (Lipinski definition) is 0. The van der Waals surface area contributed by atoms with Crippen LogP contribution in [0.4, 0.5) is 0 Å². The first-order chi connectivity index (χ1) is 15.1. The number of amides is 1. The van der Waals surface area contributed by atoms with E-state index in [0.717, 1.165) is 36.4 Å². The Morgan fingerprint density at radius 2 is 1.97 bits per heavy atom. The molecule has 5 rings (SSSR count). The van der Waals surface area contributed by atoms with Crippen LogP contribution in [0.5, 0.6) is 0 Å². The van der Waals surface area contributed by atoms with Crippen LogP contribution in [-0.4, -0.2) is 39.2 Å². The molecule has 0 spiro atoms. The molecule has 1 amide bonds. The van der Waals surface area contributed by atoms with Crippen LogP contribution in [0.1, 0.15) is 53.9 Å². The van der Waals surface area contributed by atoms with Gasteiger partial charge in [-0.2, -0.15) is 5.10 Å². The zero-order chi connectivity index (χ0) is 21.4. The first kappa shape index (κ1) is 19.8. The molecule has 2 aromatic heterocycles. The van der Waals surface area contributed by atoms with E-state index in [2.05, 4.69) is 66.0 Å². The maximum absolute atomic E-state index is 13.5. The van der Waals surface area contributed by atoms with Gasteiger partial charge in [0.05, 0.1) is 24.6 Å². The number of hydrazone groups is 1. The Labute approximate surface area is 182 Å². The molecule has 160 valence electrons. The second-order valence-corrected chi connectivity index (χ2v) is 8.56. The Hall–Kier alpha value is -3.12. The predicted octanol–water partition coefficient (Wildman–Crippen LogP) is 4.44. The number of carbonyl (C=O) groups is 1. The molecule has 31 heavy (non-hydrogen) atoms. The van der Waals surface area contributed by atoms with Crippen molar-refractivity contribution in [3.8, 4) is 0 Å². The van der Waals surface area contributed by atoms with Crippen molar-refractivity contribution in [1.82, 2.24) is 14.5 Å². The lowest BCUT2D eigenvalue weighted by atomic mass is 10.0. The van der Waals surface area contributed by atoms with Gasteiger partial charge in [-0.05, 0) is 56.1 Å². The van der Waals surface area contributed by atoms with Gasteiger partial charge >= 0.3 is 0 Å². The lowest BCUT2D eigenvalue weighted by Crippen LogP contribution is -2.38. The summed E-state index contributed by atoms with van der Waals surface area (Å²) in [5, 5.41) is 6.43. The number of carbonyl (C=O) groups excluding carboxylic acids is 1. The van der Waals surface area contributed by atoms with Gasteiger partial charge in [-0.1, -0.05) is 29.8 Å². The lowest BCUT2D eigenvalue weighted by molar-refractivity contribution is -0.134. The summed E-state index contributed by atoms with van der Waals surface area (Å²) >= 11 is 0. The van der Waals surface area contributed by atoms with Crippen LogP contribution >= 0.6 is 0 Å². The normalized spacial score (nSPS) is 21.6. The van der Waals surface area contributed by atoms with Crippen molar-refractivity contribution in [1.29, 1.82) is 0 Å². The van der Waals surface area contributed by atoms with Crippen molar-refractivity contribution in [3.63, 3.8) is 0 Å². The minimum absolute atomic E-state index is 0.0182. The zero-order valence-corrected chi connectivity index (χ0v) is 18.1. The number of nitrogens with zero attached hydrogens (tertiary/aromatic N) is 4. The van der Waals surface area contributed by atoms with Crippen molar-refractivity contribution in [2.75, 3.05) is 13.1 Å². The summed E-state index contributed by atoms with van der Waals surface area (Å²) in [4.78, 5) is 15.8. The highest BCUT2D eigenvalue weighted by molar-refractivity contribution is 6.03. The summed E-state index contributed by atoms with van der Waals surface area (Å²) in [6.07, 6.45) is 6.56. The van der Waals surface area contributed by atoms with Crippen molar-refractivity contribution in [2.45, 2.75) is 38.3 Å². The van der Waals surface area contributed by atoms with Crippen LogP contribution in [0.25, 0.3) is 0 Å². The Balaban J connectivity index is 1.39. The second-order valence-electron chi connectivity index (χ2n) is 8.56. The largest absolute Gasteiger partial charge is 0.467 e. The van der Waals surface area contributed by atoms with Gasteiger partial charge in [-0.15, -0.1) is 0 Å². The van der Waals surface area contributed by atoms with Crippen LogP contribution in [0, 0.1) is 6.92 Å². The van der Waals surface area contributed by atoms with E-state index < -0.39 is 0 Å². The van der Waals surface area contributed by atoms with Gasteiger partial charge in [-0.25, -0.2) is 5.01 Å². The molecule has 1 fully saturated rings. The highest BCUT2D eigenvalue weighted by Crippen LogP contribution is 2.35. The number of aromatic nitrogens is 1. The van der Waals surface area contributed by atoms with Gasteiger partial charge in [0.25, 0.3) is 5.91 Å². The number of likely N-dealkylation sites (tertiary alicyclic amines) is 1. The molecule has 1 aromatic carbocycles. The quantitative estimate of drug-likeness (QED) is 0.618. The van der Waals surface area contributed by atoms with Crippen molar-refractivity contribution < 1.29 is 9.21 Å². The van der Waals surface area contributed by atoms with Crippen molar-refractivity contribution >= 4 is 11.6 Å². The maximum atomic E-state index is 13.5. The molecule has 4 heterocycles. The SMILES string of the molecule is Cc1ccc(C2=NN(C(=O)CN3CCC[C@@H]3c3cccn3C)[C@H](c3ccco3)C2)cc1. The molecule has 2 aliphatic rings. The van der Waals surface area contributed by atoms with Gasteiger partial charge in [0.1, 0.15) is 11.8 Å². The van der Waals surface area contributed by atoms with E-state index in [-0.39, 0.29) is 18.0 Å². The number of benzene rings is 1. The summed E-state index contributed by atoms with van der Waals surface area (Å²) in [6, 6.07) is 16.4. The Morgan fingerprint density at radius 3 is 2.68 bits per heavy atom. The first-order valence-corrected chi connectivity index (χ1v) is 11.0. The average Bonchev–Trinajstić information content (AvgIpc) is 3.55. The molecular weight excluding hydrogens is 388 g/mol. The van der Waals surface area contributed by atoms with Gasteiger partial charge < -0.3 is 8.98 Å². The third kappa shape index (κ3) is 3.83. The van der Waals surface area contributed by atoms with E-state index in [4.69, 9.17) is 9.52 Å². The number of hydrogen-bond acceptors (Lipinski definition) is 4. The van der Waals surface area contributed by atoms with E-state index in [1.807, 2.05) is 12.1 Å². The first-order valence-electron chi connectivity index (χ1n) is 11.0. The third-order valence-electron chi connectivity index (χ3n) is 6.45. The van der Waals surface area contributed by atoms with Crippen LogP contribution in [0.15, 0.2) is 70.5 Å². The number of aryl methyl sites for hydroxylation is 2. The second kappa shape index (κ2) is 8.19. The van der Waals surface area contributed by atoms with Crippen LogP contribution < -0.4 is 0 Å². The Kier molecular flexibility index (Phi) is 5.24. The van der Waals surface area contributed by atoms with Crippen LogP contribution in [0.2, 0.25) is 0 Å². The fourth-order valence-electron chi connectivity index (χ4n) is 4.78. The highest BCUT2D eigenvalue weighted by Gasteiger charge is 2.37. The maximum Gasteiger partial charge on any atom is 0.257 e. The van der Waals surface area contributed by atoms with Gasteiger partial charge in [0.15, 0.2) is 0 Å². The molecule has 0 aliphatic carbocycles. The molecule has 0 bridgehead atoms. The molecule has 3 aromatic rings. The fraction of sp³-hybridized carbons (Fsp3) is 0.360. The predicted molar refractivity (Wildman–Crippen MR) is 120 cm³/mol. The summed E-state index contributed by atoms with van der Waals surface area (Å²) in [5.74, 6) is 0.796. The van der Waals surface area contributed by atoms with Crippen molar-refractivity contribution in [2.24, 2.45) is 12.1 Å². The Morgan fingerprint density at radius 1 is 1.13 bits per heavy atom. The molecular formula is C25H28N4O2. The summed E-state index contributed by atoms with van der Waals surface area (Å²) in [7, 11) is 2.07. The van der Waals surface area contributed by atoms with E-state index in [1.54, 1.807) is 11.3 Å². The third-order valence-corrected chi connectivity index (χ3v) is 6.45. The molecule has 0 N–H and O–H groups in total. The molecule has 2 aliphatic heterocycles. The van der Waals surface area contributed by atoms with Gasteiger partial charge in [-0.3, -0.25) is 9.69 Å². The monoisotopic (exact) mass is 416 g/mol. The van der Waals surface area contributed by atoms with E-state index >= 15 is 0 Å². The van der Waals surface area contributed by atoms with Crippen LogP contribution in [0.3, 0.4) is 0 Å².